The minimum atomic E-state index is -0.914. The lowest BCUT2D eigenvalue weighted by Crippen LogP contribution is -2.28. The molecule has 3 rings (SSSR count). The van der Waals surface area contributed by atoms with Crippen molar-refractivity contribution >= 4 is 34.9 Å². The van der Waals surface area contributed by atoms with Crippen LogP contribution in [0.3, 0.4) is 0 Å². The third-order valence-electron chi connectivity index (χ3n) is 4.91. The summed E-state index contributed by atoms with van der Waals surface area (Å²) in [5.74, 6) is -2.27. The molecule has 1 aliphatic heterocycles. The van der Waals surface area contributed by atoms with Crippen LogP contribution >= 0.6 is 11.6 Å². The summed E-state index contributed by atoms with van der Waals surface area (Å²) in [6.45, 7) is 1.61. The normalized spacial score (nSPS) is 13.9. The van der Waals surface area contributed by atoms with E-state index in [4.69, 9.17) is 21.1 Å². The van der Waals surface area contributed by atoms with E-state index in [1.165, 1.54) is 32.7 Å². The summed E-state index contributed by atoms with van der Waals surface area (Å²) in [4.78, 5) is 37.9. The van der Waals surface area contributed by atoms with Gasteiger partial charge in [-0.25, -0.2) is 9.59 Å². The first-order valence-corrected chi connectivity index (χ1v) is 9.53. The van der Waals surface area contributed by atoms with E-state index in [9.17, 15) is 19.7 Å². The van der Waals surface area contributed by atoms with E-state index in [1.54, 1.807) is 48.2 Å². The van der Waals surface area contributed by atoms with Gasteiger partial charge in [0.15, 0.2) is 0 Å². The highest BCUT2D eigenvalue weighted by atomic mass is 35.5. The summed E-state index contributed by atoms with van der Waals surface area (Å²) in [6, 6.07) is 11.3. The van der Waals surface area contributed by atoms with E-state index in [2.05, 4.69) is 0 Å². The van der Waals surface area contributed by atoms with Crippen LogP contribution in [0, 0.1) is 17.0 Å². The number of carbonyl (C=O) groups is 2. The Kier molecular flexibility index (Phi) is 6.41. The van der Waals surface area contributed by atoms with Crippen LogP contribution in [-0.2, 0) is 19.1 Å². The van der Waals surface area contributed by atoms with Gasteiger partial charge in [-0.3, -0.25) is 10.1 Å². The molecular weight excluding hydrogens is 424 g/mol. The van der Waals surface area contributed by atoms with Crippen molar-refractivity contribution in [1.29, 1.82) is 0 Å². The van der Waals surface area contributed by atoms with Gasteiger partial charge in [0.2, 0.25) is 0 Å². The molecule has 1 aliphatic rings. The molecule has 160 valence electrons. The van der Waals surface area contributed by atoms with Gasteiger partial charge in [0, 0.05) is 34.7 Å². The third-order valence-corrected chi connectivity index (χ3v) is 5.16. The molecule has 0 aliphatic carbocycles. The fourth-order valence-electron chi connectivity index (χ4n) is 3.35. The molecule has 0 spiro atoms. The molecule has 0 saturated carbocycles. The van der Waals surface area contributed by atoms with Gasteiger partial charge >= 0.3 is 11.9 Å². The van der Waals surface area contributed by atoms with Gasteiger partial charge in [0.1, 0.15) is 0 Å². The molecule has 9 heteroatoms. The molecule has 0 aromatic heterocycles. The van der Waals surface area contributed by atoms with Gasteiger partial charge in [0.05, 0.1) is 36.2 Å². The molecule has 0 bridgehead atoms. The summed E-state index contributed by atoms with van der Waals surface area (Å²) < 4.78 is 9.88. The zero-order chi connectivity index (χ0) is 22.7. The van der Waals surface area contributed by atoms with Crippen LogP contribution in [0.1, 0.15) is 17.0 Å². The van der Waals surface area contributed by atoms with Crippen LogP contribution in [0.4, 0.5) is 11.4 Å². The van der Waals surface area contributed by atoms with Crippen molar-refractivity contribution in [2.45, 2.75) is 12.8 Å². The predicted octanol–water partition coefficient (Wildman–Crippen LogP) is 4.27. The van der Waals surface area contributed by atoms with Gasteiger partial charge in [-0.05, 0) is 36.8 Å². The number of rotatable bonds is 5. The second-order valence-corrected chi connectivity index (χ2v) is 7.21. The first-order chi connectivity index (χ1) is 14.8. The largest absolute Gasteiger partial charge is 0.466 e. The molecule has 0 amide bonds. The maximum absolute atomic E-state index is 12.7. The molecule has 1 heterocycles. The van der Waals surface area contributed by atoms with Gasteiger partial charge in [-0.2, -0.15) is 0 Å². The average molecular weight is 443 g/mol. The summed E-state index contributed by atoms with van der Waals surface area (Å²) in [6.07, 6.45) is 3.05. The summed E-state index contributed by atoms with van der Waals surface area (Å²) >= 11 is 5.96. The minimum Gasteiger partial charge on any atom is -0.466 e. The highest BCUT2D eigenvalue weighted by molar-refractivity contribution is 6.30. The molecule has 0 radical (unpaired) electrons. The lowest BCUT2D eigenvalue weighted by atomic mass is 9.82. The van der Waals surface area contributed by atoms with Gasteiger partial charge in [-0.15, -0.1) is 0 Å². The van der Waals surface area contributed by atoms with Crippen molar-refractivity contribution in [2.24, 2.45) is 0 Å². The Bertz CT molecular complexity index is 1070. The number of esters is 2. The smallest absolute Gasteiger partial charge is 0.336 e. The van der Waals surface area contributed by atoms with Gasteiger partial charge in [-0.1, -0.05) is 23.7 Å². The van der Waals surface area contributed by atoms with Crippen molar-refractivity contribution in [2.75, 3.05) is 19.1 Å². The lowest BCUT2D eigenvalue weighted by molar-refractivity contribution is -0.385. The highest BCUT2D eigenvalue weighted by Crippen LogP contribution is 2.40. The van der Waals surface area contributed by atoms with Crippen molar-refractivity contribution in [3.05, 3.63) is 92.3 Å². The van der Waals surface area contributed by atoms with Crippen molar-refractivity contribution in [3.63, 3.8) is 0 Å². The Morgan fingerprint density at radius 3 is 2.03 bits per heavy atom. The Balaban J connectivity index is 2.21. The number of methoxy groups -OCH3 is 2. The van der Waals surface area contributed by atoms with Crippen molar-refractivity contribution < 1.29 is 24.0 Å². The molecule has 0 saturated heterocycles. The third kappa shape index (κ3) is 4.44. The Hall–Kier alpha value is -3.65. The quantitative estimate of drug-likeness (QED) is 0.387. The second kappa shape index (κ2) is 9.01. The summed E-state index contributed by atoms with van der Waals surface area (Å²) in [5.41, 5.74) is 1.62. The Morgan fingerprint density at radius 2 is 1.55 bits per heavy atom. The number of benzene rings is 2. The number of nitrogens with zero attached hydrogens (tertiary/aromatic N) is 2. The molecule has 8 nitrogen and oxygen atoms in total. The molecule has 2 aromatic rings. The first-order valence-electron chi connectivity index (χ1n) is 9.15. The molecule has 0 atom stereocenters. The Labute approximate surface area is 183 Å². The van der Waals surface area contributed by atoms with Crippen molar-refractivity contribution in [3.8, 4) is 0 Å². The Morgan fingerprint density at radius 1 is 1.00 bits per heavy atom. The fourth-order valence-corrected chi connectivity index (χ4v) is 3.48. The molecule has 0 unspecified atom stereocenters. The number of nitro benzene ring substituents is 1. The predicted molar refractivity (Wildman–Crippen MR) is 115 cm³/mol. The van der Waals surface area contributed by atoms with E-state index in [0.29, 0.717) is 21.8 Å². The SMILES string of the molecule is COC(=O)C1=CN(c2ccc(Cl)cc2)C=C(C(=O)OC)C1c1ccc(C)c([N+](=O)[O-])c1. The number of carbonyl (C=O) groups excluding carboxylic acids is 2. The van der Waals surface area contributed by atoms with Crippen LogP contribution in [0.2, 0.25) is 5.02 Å². The molecular formula is C22H19ClN2O6. The van der Waals surface area contributed by atoms with E-state index in [-0.39, 0.29) is 16.8 Å². The standard InChI is InChI=1S/C22H19ClN2O6/c1-13-4-5-14(10-19(13)25(28)29)20-17(21(26)30-2)11-24(12-18(20)22(27)31-3)16-8-6-15(23)7-9-16/h4-12,20H,1-3H3. The number of aryl methyl sites for hydroxylation is 1. The number of anilines is 1. The van der Waals surface area contributed by atoms with Crippen LogP contribution < -0.4 is 4.90 Å². The molecule has 2 aromatic carbocycles. The van der Waals surface area contributed by atoms with Gasteiger partial charge in [0.25, 0.3) is 5.69 Å². The van der Waals surface area contributed by atoms with E-state index in [1.807, 2.05) is 0 Å². The van der Waals surface area contributed by atoms with Gasteiger partial charge < -0.3 is 14.4 Å². The summed E-state index contributed by atoms with van der Waals surface area (Å²) in [5, 5.41) is 12.0. The number of hydrogen-bond acceptors (Lipinski definition) is 7. The van der Waals surface area contributed by atoms with E-state index in [0.717, 1.165) is 0 Å². The number of halogens is 1. The number of ether oxygens (including phenoxy) is 2. The lowest BCUT2D eigenvalue weighted by Gasteiger charge is -2.30. The number of nitro groups is 1. The molecule has 0 fully saturated rings. The van der Waals surface area contributed by atoms with E-state index < -0.39 is 22.8 Å². The fraction of sp³-hybridized carbons (Fsp3) is 0.182. The molecule has 31 heavy (non-hydrogen) atoms. The first kappa shape index (κ1) is 22.0. The zero-order valence-electron chi connectivity index (χ0n) is 17.0. The maximum Gasteiger partial charge on any atom is 0.336 e. The second-order valence-electron chi connectivity index (χ2n) is 6.77. The summed E-state index contributed by atoms with van der Waals surface area (Å²) in [7, 11) is 2.45. The highest BCUT2D eigenvalue weighted by Gasteiger charge is 2.36. The molecule has 0 N–H and O–H groups in total. The zero-order valence-corrected chi connectivity index (χ0v) is 17.8. The van der Waals surface area contributed by atoms with Crippen molar-refractivity contribution in [1.82, 2.24) is 0 Å². The maximum atomic E-state index is 12.7. The minimum absolute atomic E-state index is 0.119. The topological polar surface area (TPSA) is 99.0 Å². The van der Waals surface area contributed by atoms with E-state index >= 15 is 0 Å². The van der Waals surface area contributed by atoms with Crippen LogP contribution in [0.5, 0.6) is 0 Å². The van der Waals surface area contributed by atoms with Crippen LogP contribution in [0.25, 0.3) is 0 Å². The van der Waals surface area contributed by atoms with Crippen LogP contribution in [0.15, 0.2) is 66.0 Å². The monoisotopic (exact) mass is 442 g/mol. The van der Waals surface area contributed by atoms with Crippen LogP contribution in [-0.4, -0.2) is 31.1 Å². The average Bonchev–Trinajstić information content (AvgIpc) is 2.77. The number of hydrogen-bond donors (Lipinski definition) is 0.